The Morgan fingerprint density at radius 2 is 2.44 bits per heavy atom. The maximum Gasteiger partial charge on any atom is 0.375 e. The van der Waals surface area contributed by atoms with Gasteiger partial charge in [0.15, 0.2) is 0 Å². The number of nitrogens with one attached hydrogen (secondary N) is 2. The SMILES string of the molecule is COCCCNc1nc[nH]c(=O)c1[N+](=O)[O-]. The summed E-state index contributed by atoms with van der Waals surface area (Å²) >= 11 is 0. The van der Waals surface area contributed by atoms with Gasteiger partial charge in [0.2, 0.25) is 5.82 Å². The van der Waals surface area contributed by atoms with Crippen LogP contribution in [0.25, 0.3) is 0 Å². The molecule has 0 amide bonds. The molecule has 0 saturated heterocycles. The average Bonchev–Trinajstić information content (AvgIpc) is 2.24. The highest BCUT2D eigenvalue weighted by molar-refractivity contribution is 5.53. The van der Waals surface area contributed by atoms with E-state index in [1.165, 1.54) is 0 Å². The third kappa shape index (κ3) is 3.02. The minimum absolute atomic E-state index is 0.0233. The largest absolute Gasteiger partial charge is 0.385 e. The second-order valence-electron chi connectivity index (χ2n) is 2.96. The van der Waals surface area contributed by atoms with Crippen molar-refractivity contribution in [3.63, 3.8) is 0 Å². The Hall–Kier alpha value is -1.96. The Morgan fingerprint density at radius 1 is 1.69 bits per heavy atom. The van der Waals surface area contributed by atoms with Gasteiger partial charge in [0.1, 0.15) is 0 Å². The lowest BCUT2D eigenvalue weighted by molar-refractivity contribution is -0.385. The first-order valence-corrected chi connectivity index (χ1v) is 4.61. The van der Waals surface area contributed by atoms with Gasteiger partial charge in [-0.3, -0.25) is 14.9 Å². The molecule has 0 aliphatic carbocycles. The summed E-state index contributed by atoms with van der Waals surface area (Å²) in [6.07, 6.45) is 1.79. The van der Waals surface area contributed by atoms with Gasteiger partial charge in [0.05, 0.1) is 11.3 Å². The van der Waals surface area contributed by atoms with Gasteiger partial charge in [0, 0.05) is 20.3 Å². The number of anilines is 1. The maximum absolute atomic E-state index is 11.2. The number of rotatable bonds is 6. The zero-order valence-electron chi connectivity index (χ0n) is 8.73. The normalized spacial score (nSPS) is 10.1. The van der Waals surface area contributed by atoms with Gasteiger partial charge in [-0.2, -0.15) is 0 Å². The van der Waals surface area contributed by atoms with E-state index in [9.17, 15) is 14.9 Å². The van der Waals surface area contributed by atoms with E-state index in [0.29, 0.717) is 19.6 Å². The summed E-state index contributed by atoms with van der Waals surface area (Å²) in [7, 11) is 1.56. The van der Waals surface area contributed by atoms with Gasteiger partial charge >= 0.3 is 11.2 Å². The van der Waals surface area contributed by atoms with Crippen molar-refractivity contribution in [3.8, 4) is 0 Å². The predicted molar refractivity (Wildman–Crippen MR) is 56.5 cm³/mol. The number of nitro groups is 1. The highest BCUT2D eigenvalue weighted by Gasteiger charge is 2.19. The van der Waals surface area contributed by atoms with Crippen LogP contribution in [0.3, 0.4) is 0 Å². The molecule has 16 heavy (non-hydrogen) atoms. The predicted octanol–water partition coefficient (Wildman–Crippen LogP) is 0.127. The van der Waals surface area contributed by atoms with Crippen molar-refractivity contribution < 1.29 is 9.66 Å². The third-order valence-corrected chi connectivity index (χ3v) is 1.83. The first kappa shape index (κ1) is 12.1. The van der Waals surface area contributed by atoms with Crippen LogP contribution in [0.1, 0.15) is 6.42 Å². The fraction of sp³-hybridized carbons (Fsp3) is 0.500. The van der Waals surface area contributed by atoms with E-state index in [1.807, 2.05) is 0 Å². The van der Waals surface area contributed by atoms with Crippen LogP contribution >= 0.6 is 0 Å². The summed E-state index contributed by atoms with van der Waals surface area (Å²) in [6.45, 7) is 0.981. The van der Waals surface area contributed by atoms with Gasteiger partial charge in [-0.1, -0.05) is 0 Å². The zero-order valence-corrected chi connectivity index (χ0v) is 8.73. The Kier molecular flexibility index (Phi) is 4.40. The summed E-state index contributed by atoms with van der Waals surface area (Å²) in [5, 5.41) is 13.3. The molecule has 0 bridgehead atoms. The van der Waals surface area contributed by atoms with Gasteiger partial charge in [-0.05, 0) is 6.42 Å². The molecule has 0 unspecified atom stereocenters. The molecule has 8 nitrogen and oxygen atoms in total. The van der Waals surface area contributed by atoms with E-state index in [1.54, 1.807) is 7.11 Å². The van der Waals surface area contributed by atoms with Crippen LogP contribution in [0.15, 0.2) is 11.1 Å². The minimum Gasteiger partial charge on any atom is -0.385 e. The van der Waals surface area contributed by atoms with E-state index < -0.39 is 16.2 Å². The second kappa shape index (κ2) is 5.81. The van der Waals surface area contributed by atoms with Crippen LogP contribution in [0, 0.1) is 10.1 Å². The smallest absolute Gasteiger partial charge is 0.375 e. The zero-order chi connectivity index (χ0) is 12.0. The topological polar surface area (TPSA) is 110 Å². The summed E-state index contributed by atoms with van der Waals surface area (Å²) in [5.41, 5.74) is -1.34. The number of hydrogen-bond acceptors (Lipinski definition) is 6. The molecule has 1 heterocycles. The number of aromatic amines is 1. The molecule has 0 fully saturated rings. The van der Waals surface area contributed by atoms with Crippen LogP contribution in [-0.2, 0) is 4.74 Å². The molecule has 0 aliphatic heterocycles. The number of nitrogens with zero attached hydrogens (tertiary/aromatic N) is 2. The standard InChI is InChI=1S/C8H12N4O4/c1-16-4-2-3-9-7-6(12(14)15)8(13)11-5-10-7/h5H,2-4H2,1H3,(H2,9,10,11,13). The van der Waals surface area contributed by atoms with E-state index in [-0.39, 0.29) is 5.82 Å². The second-order valence-corrected chi connectivity index (χ2v) is 2.96. The molecule has 0 radical (unpaired) electrons. The molecule has 0 spiro atoms. The Morgan fingerprint density at radius 3 is 3.06 bits per heavy atom. The van der Waals surface area contributed by atoms with Gasteiger partial charge in [-0.15, -0.1) is 0 Å². The van der Waals surface area contributed by atoms with Crippen molar-refractivity contribution in [2.45, 2.75) is 6.42 Å². The molecule has 8 heteroatoms. The van der Waals surface area contributed by atoms with Crippen molar-refractivity contribution in [1.82, 2.24) is 9.97 Å². The Labute approximate surface area is 90.8 Å². The van der Waals surface area contributed by atoms with Crippen LogP contribution < -0.4 is 10.9 Å². The lowest BCUT2D eigenvalue weighted by atomic mass is 10.4. The number of methoxy groups -OCH3 is 1. The van der Waals surface area contributed by atoms with Crippen LogP contribution in [-0.4, -0.2) is 35.2 Å². The van der Waals surface area contributed by atoms with E-state index in [4.69, 9.17) is 4.74 Å². The highest BCUT2D eigenvalue weighted by Crippen LogP contribution is 2.14. The third-order valence-electron chi connectivity index (χ3n) is 1.83. The van der Waals surface area contributed by atoms with Crippen molar-refractivity contribution >= 4 is 11.5 Å². The minimum atomic E-state index is -0.769. The fourth-order valence-electron chi connectivity index (χ4n) is 1.11. The van der Waals surface area contributed by atoms with E-state index in [0.717, 1.165) is 6.33 Å². The molecule has 1 aromatic rings. The number of H-pyrrole nitrogens is 1. The van der Waals surface area contributed by atoms with E-state index >= 15 is 0 Å². The van der Waals surface area contributed by atoms with Crippen LogP contribution in [0.2, 0.25) is 0 Å². The summed E-state index contributed by atoms with van der Waals surface area (Å²) in [6, 6.07) is 0. The number of ether oxygens (including phenoxy) is 1. The van der Waals surface area contributed by atoms with E-state index in [2.05, 4.69) is 15.3 Å². The number of aromatic nitrogens is 2. The monoisotopic (exact) mass is 228 g/mol. The molecule has 88 valence electrons. The summed E-state index contributed by atoms with van der Waals surface area (Å²) < 4.78 is 4.82. The van der Waals surface area contributed by atoms with Crippen molar-refractivity contribution in [2.75, 3.05) is 25.6 Å². The molecule has 1 aromatic heterocycles. The fourth-order valence-corrected chi connectivity index (χ4v) is 1.11. The maximum atomic E-state index is 11.2. The van der Waals surface area contributed by atoms with Gasteiger partial charge in [-0.25, -0.2) is 4.98 Å². The Balaban J connectivity index is 2.75. The number of hydrogen-bond donors (Lipinski definition) is 2. The highest BCUT2D eigenvalue weighted by atomic mass is 16.6. The summed E-state index contributed by atoms with van der Waals surface area (Å²) in [4.78, 5) is 26.9. The van der Waals surface area contributed by atoms with Gasteiger partial charge < -0.3 is 15.0 Å². The molecule has 2 N–H and O–H groups in total. The molecular weight excluding hydrogens is 216 g/mol. The van der Waals surface area contributed by atoms with Crippen molar-refractivity contribution in [1.29, 1.82) is 0 Å². The molecule has 0 aliphatic rings. The lowest BCUT2D eigenvalue weighted by Crippen LogP contribution is -2.17. The molecular formula is C8H12N4O4. The molecule has 0 saturated carbocycles. The average molecular weight is 228 g/mol. The first-order chi connectivity index (χ1) is 7.66. The first-order valence-electron chi connectivity index (χ1n) is 4.61. The van der Waals surface area contributed by atoms with Crippen molar-refractivity contribution in [3.05, 3.63) is 26.8 Å². The van der Waals surface area contributed by atoms with Crippen molar-refractivity contribution in [2.24, 2.45) is 0 Å². The van der Waals surface area contributed by atoms with Crippen LogP contribution in [0.5, 0.6) is 0 Å². The van der Waals surface area contributed by atoms with Crippen LogP contribution in [0.4, 0.5) is 11.5 Å². The van der Waals surface area contributed by atoms with Gasteiger partial charge in [0.25, 0.3) is 0 Å². The molecule has 0 atom stereocenters. The molecule has 1 rings (SSSR count). The Bertz CT molecular complexity index is 417. The quantitative estimate of drug-likeness (QED) is 0.406. The lowest BCUT2D eigenvalue weighted by Gasteiger charge is -2.04. The molecule has 0 aromatic carbocycles. The summed E-state index contributed by atoms with van der Waals surface area (Å²) in [5.74, 6) is -0.0233.